The van der Waals surface area contributed by atoms with E-state index >= 15 is 0 Å². The van der Waals surface area contributed by atoms with Gasteiger partial charge in [-0.05, 0) is 23.4 Å². The second kappa shape index (κ2) is 10.2. The Morgan fingerprint density at radius 1 is 1.06 bits per heavy atom. The third-order valence-electron chi connectivity index (χ3n) is 4.93. The molecule has 5 rings (SSSR count). The summed E-state index contributed by atoms with van der Waals surface area (Å²) in [6.07, 6.45) is 3.63. The molecule has 0 bridgehead atoms. The minimum absolute atomic E-state index is 0.0803. The molecule has 5 aromatic rings. The topological polar surface area (TPSA) is 103 Å². The third-order valence-corrected chi connectivity index (χ3v) is 7.34. The van der Waals surface area contributed by atoms with Crippen molar-refractivity contribution in [1.29, 1.82) is 0 Å². The van der Waals surface area contributed by atoms with Gasteiger partial charge in [-0.3, -0.25) is 14.2 Å². The Hall–Kier alpha value is -3.41. The highest BCUT2D eigenvalue weighted by Gasteiger charge is 2.16. The van der Waals surface area contributed by atoms with E-state index in [9.17, 15) is 9.59 Å². The van der Waals surface area contributed by atoms with Crippen molar-refractivity contribution in [3.05, 3.63) is 80.8 Å². The maximum Gasteiger partial charge on any atom is 0.282 e. The van der Waals surface area contributed by atoms with Crippen LogP contribution < -0.4 is 10.9 Å². The Morgan fingerprint density at radius 3 is 2.74 bits per heavy atom. The average molecular weight is 507 g/mol. The number of nitrogens with one attached hydrogen (secondary N) is 1. The van der Waals surface area contributed by atoms with E-state index in [4.69, 9.17) is 0 Å². The SMILES string of the molecule is O=C(CSc1nc2nccnc2c(=O)n1CCc1ccccc1)Nc1nc(-c2ccsc2)cs1. The fourth-order valence-electron chi connectivity index (χ4n) is 3.28. The Kier molecular flexibility index (Phi) is 6.74. The molecule has 0 aliphatic heterocycles. The number of thioether (sulfide) groups is 1. The number of fused-ring (bicyclic) bond motifs is 1. The van der Waals surface area contributed by atoms with Crippen LogP contribution in [0.25, 0.3) is 22.4 Å². The lowest BCUT2D eigenvalue weighted by Crippen LogP contribution is -2.26. The van der Waals surface area contributed by atoms with Crippen molar-refractivity contribution in [1.82, 2.24) is 24.5 Å². The van der Waals surface area contributed by atoms with Gasteiger partial charge in [-0.15, -0.1) is 11.3 Å². The second-order valence-electron chi connectivity index (χ2n) is 7.20. The predicted molar refractivity (Wildman–Crippen MR) is 137 cm³/mol. The largest absolute Gasteiger partial charge is 0.301 e. The summed E-state index contributed by atoms with van der Waals surface area (Å²) in [5.41, 5.74) is 3.18. The Labute approximate surface area is 206 Å². The van der Waals surface area contributed by atoms with Crippen LogP contribution in [-0.2, 0) is 17.8 Å². The first-order chi connectivity index (χ1) is 16.7. The molecule has 34 heavy (non-hydrogen) atoms. The number of carbonyl (C=O) groups is 1. The summed E-state index contributed by atoms with van der Waals surface area (Å²) in [4.78, 5) is 43.1. The number of nitrogens with zero attached hydrogens (tertiary/aromatic N) is 5. The maximum absolute atomic E-state index is 13.1. The lowest BCUT2D eigenvalue weighted by atomic mass is 10.1. The van der Waals surface area contributed by atoms with Gasteiger partial charge in [-0.2, -0.15) is 11.3 Å². The summed E-state index contributed by atoms with van der Waals surface area (Å²) >= 11 is 4.17. The van der Waals surface area contributed by atoms with Crippen LogP contribution in [-0.4, -0.2) is 36.2 Å². The highest BCUT2D eigenvalue weighted by molar-refractivity contribution is 7.99. The molecule has 0 unspecified atom stereocenters. The fraction of sp³-hybridized carbons (Fsp3) is 0.130. The van der Waals surface area contributed by atoms with Gasteiger partial charge in [0.15, 0.2) is 21.5 Å². The van der Waals surface area contributed by atoms with Crippen molar-refractivity contribution >= 4 is 56.6 Å². The van der Waals surface area contributed by atoms with Gasteiger partial charge in [0.05, 0.1) is 11.4 Å². The van der Waals surface area contributed by atoms with Crippen LogP contribution >= 0.6 is 34.4 Å². The molecular formula is C23H18N6O2S3. The van der Waals surface area contributed by atoms with E-state index in [0.717, 1.165) is 16.8 Å². The van der Waals surface area contributed by atoms with Crippen LogP contribution in [0.15, 0.2) is 74.9 Å². The molecule has 0 radical (unpaired) electrons. The molecule has 0 saturated carbocycles. The maximum atomic E-state index is 13.1. The van der Waals surface area contributed by atoms with E-state index in [0.29, 0.717) is 23.3 Å². The molecule has 0 saturated heterocycles. The molecule has 0 fully saturated rings. The normalized spacial score (nSPS) is 11.1. The summed E-state index contributed by atoms with van der Waals surface area (Å²) in [6, 6.07) is 11.9. The molecule has 1 aromatic carbocycles. The number of rotatable bonds is 8. The van der Waals surface area contributed by atoms with Gasteiger partial charge in [0.1, 0.15) is 0 Å². The van der Waals surface area contributed by atoms with Crippen LogP contribution in [0.3, 0.4) is 0 Å². The molecule has 0 atom stereocenters. The first-order valence-corrected chi connectivity index (χ1v) is 13.1. The molecule has 11 heteroatoms. The van der Waals surface area contributed by atoms with Gasteiger partial charge in [0.2, 0.25) is 5.91 Å². The molecule has 8 nitrogen and oxygen atoms in total. The second-order valence-corrected chi connectivity index (χ2v) is 9.78. The first kappa shape index (κ1) is 22.4. The molecular weight excluding hydrogens is 488 g/mol. The average Bonchev–Trinajstić information content (AvgIpc) is 3.55. The Bertz CT molecular complexity index is 1480. The van der Waals surface area contributed by atoms with Crippen LogP contribution in [0, 0.1) is 0 Å². The van der Waals surface area contributed by atoms with Crippen molar-refractivity contribution in [2.24, 2.45) is 0 Å². The summed E-state index contributed by atoms with van der Waals surface area (Å²) < 4.78 is 1.57. The fourth-order valence-corrected chi connectivity index (χ4v) is 5.48. The number of thiazole rings is 1. The number of benzene rings is 1. The summed E-state index contributed by atoms with van der Waals surface area (Å²) in [7, 11) is 0. The zero-order valence-corrected chi connectivity index (χ0v) is 20.2. The van der Waals surface area contributed by atoms with Gasteiger partial charge >= 0.3 is 0 Å². The monoisotopic (exact) mass is 506 g/mol. The highest BCUT2D eigenvalue weighted by atomic mass is 32.2. The number of aromatic nitrogens is 5. The number of amides is 1. The standard InChI is InChI=1S/C23H18N6O2S3/c30-18(27-22-26-17(13-33-22)16-7-11-32-12-16)14-34-23-28-20-19(24-8-9-25-20)21(31)29(23)10-6-15-4-2-1-3-5-15/h1-5,7-9,11-13H,6,10,14H2,(H,26,27,30). The number of carbonyl (C=O) groups excluding carboxylic acids is 1. The van der Waals surface area contributed by atoms with Crippen molar-refractivity contribution < 1.29 is 4.79 Å². The lowest BCUT2D eigenvalue weighted by molar-refractivity contribution is -0.113. The molecule has 0 aliphatic carbocycles. The number of hydrogen-bond donors (Lipinski definition) is 1. The molecule has 1 amide bonds. The van der Waals surface area contributed by atoms with Crippen LogP contribution in [0.5, 0.6) is 0 Å². The van der Waals surface area contributed by atoms with E-state index in [1.807, 2.05) is 52.5 Å². The minimum Gasteiger partial charge on any atom is -0.301 e. The number of aryl methyl sites for hydroxylation is 1. The van der Waals surface area contributed by atoms with Gasteiger partial charge in [-0.1, -0.05) is 42.1 Å². The predicted octanol–water partition coefficient (Wildman–Crippen LogP) is 4.35. The zero-order valence-electron chi connectivity index (χ0n) is 17.7. The lowest BCUT2D eigenvalue weighted by Gasteiger charge is -2.12. The number of anilines is 1. The van der Waals surface area contributed by atoms with E-state index in [2.05, 4.69) is 25.3 Å². The summed E-state index contributed by atoms with van der Waals surface area (Å²) in [5, 5.41) is 9.71. The quantitative estimate of drug-likeness (QED) is 0.247. The smallest absolute Gasteiger partial charge is 0.282 e. The molecule has 4 heterocycles. The molecule has 0 aliphatic rings. The van der Waals surface area contributed by atoms with Crippen molar-refractivity contribution in [2.75, 3.05) is 11.1 Å². The van der Waals surface area contributed by atoms with Gasteiger partial charge < -0.3 is 5.32 Å². The van der Waals surface area contributed by atoms with Gasteiger partial charge in [-0.25, -0.2) is 19.9 Å². The summed E-state index contributed by atoms with van der Waals surface area (Å²) in [6.45, 7) is 0.419. The Balaban J connectivity index is 1.32. The van der Waals surface area contributed by atoms with Crippen LogP contribution in [0.2, 0.25) is 0 Å². The zero-order chi connectivity index (χ0) is 23.3. The molecule has 4 aromatic heterocycles. The van der Waals surface area contributed by atoms with Gasteiger partial charge in [0, 0.05) is 35.3 Å². The van der Waals surface area contributed by atoms with Crippen molar-refractivity contribution in [2.45, 2.75) is 18.1 Å². The molecule has 1 N–H and O–H groups in total. The van der Waals surface area contributed by atoms with E-state index in [1.165, 1.54) is 35.5 Å². The van der Waals surface area contributed by atoms with Gasteiger partial charge in [0.25, 0.3) is 5.56 Å². The summed E-state index contributed by atoms with van der Waals surface area (Å²) in [5.74, 6) is -0.143. The Morgan fingerprint density at radius 2 is 1.91 bits per heavy atom. The van der Waals surface area contributed by atoms with E-state index in [-0.39, 0.29) is 28.4 Å². The minimum atomic E-state index is -0.266. The van der Waals surface area contributed by atoms with Crippen molar-refractivity contribution in [3.63, 3.8) is 0 Å². The van der Waals surface area contributed by atoms with E-state index in [1.54, 1.807) is 15.9 Å². The molecule has 170 valence electrons. The first-order valence-electron chi connectivity index (χ1n) is 10.3. The van der Waals surface area contributed by atoms with Crippen molar-refractivity contribution in [3.8, 4) is 11.3 Å². The van der Waals surface area contributed by atoms with Crippen LogP contribution in [0.4, 0.5) is 5.13 Å². The third kappa shape index (κ3) is 5.06. The van der Waals surface area contributed by atoms with E-state index < -0.39 is 0 Å². The number of hydrogen-bond acceptors (Lipinski definition) is 9. The highest BCUT2D eigenvalue weighted by Crippen LogP contribution is 2.26. The molecule has 0 spiro atoms. The van der Waals surface area contributed by atoms with Crippen LogP contribution in [0.1, 0.15) is 5.56 Å². The number of thiophene rings is 1.